The van der Waals surface area contributed by atoms with Gasteiger partial charge in [0.05, 0.1) is 13.1 Å². The number of nitrogens with one attached hydrogen (secondary N) is 2. The van der Waals surface area contributed by atoms with Crippen LogP contribution in [0.15, 0.2) is 0 Å². The van der Waals surface area contributed by atoms with Gasteiger partial charge in [-0.15, -0.1) is 0 Å². The maximum Gasteiger partial charge on any atom is 0.160 e. The van der Waals surface area contributed by atoms with E-state index in [1.807, 2.05) is 13.8 Å². The van der Waals surface area contributed by atoms with Crippen LogP contribution < -0.4 is 10.6 Å². The molecule has 60 valence electrons. The molecule has 0 aromatic carbocycles. The molecule has 0 rings (SSSR count). The molecule has 0 radical (unpaired) electrons. The highest BCUT2D eigenvalue weighted by atomic mass is 16.1. The molecule has 0 aliphatic rings. The quantitative estimate of drug-likeness (QED) is 0.560. The van der Waals surface area contributed by atoms with Crippen LogP contribution in [0.4, 0.5) is 0 Å². The minimum absolute atomic E-state index is 0.205. The zero-order valence-corrected chi connectivity index (χ0v) is 6.90. The lowest BCUT2D eigenvalue weighted by molar-refractivity contribution is -0.117. The normalized spacial score (nSPS) is 10.4. The molecule has 0 amide bonds. The summed E-state index contributed by atoms with van der Waals surface area (Å²) in [6.07, 6.45) is 0. The van der Waals surface area contributed by atoms with Crippen molar-refractivity contribution in [2.75, 3.05) is 20.1 Å². The molecule has 0 aliphatic carbocycles. The summed E-state index contributed by atoms with van der Waals surface area (Å²) in [5.74, 6) is 0.205. The third-order valence-corrected chi connectivity index (χ3v) is 1.08. The molecule has 0 aromatic heterocycles. The molecule has 0 atom stereocenters. The van der Waals surface area contributed by atoms with E-state index in [1.165, 1.54) is 0 Å². The highest BCUT2D eigenvalue weighted by Gasteiger charge is 1.99. The van der Waals surface area contributed by atoms with Crippen molar-refractivity contribution >= 4 is 5.78 Å². The number of hydrogen-bond acceptors (Lipinski definition) is 3. The Bertz CT molecular complexity index is 102. The van der Waals surface area contributed by atoms with Gasteiger partial charge < -0.3 is 10.6 Å². The van der Waals surface area contributed by atoms with Gasteiger partial charge in [0.25, 0.3) is 0 Å². The van der Waals surface area contributed by atoms with Gasteiger partial charge in [-0.3, -0.25) is 4.79 Å². The first kappa shape index (κ1) is 9.59. The first-order chi connectivity index (χ1) is 4.66. The largest absolute Gasteiger partial charge is 0.313 e. The maximum absolute atomic E-state index is 10.8. The minimum Gasteiger partial charge on any atom is -0.313 e. The van der Waals surface area contributed by atoms with E-state index in [0.717, 1.165) is 0 Å². The highest BCUT2D eigenvalue weighted by molar-refractivity contribution is 5.82. The van der Waals surface area contributed by atoms with Gasteiger partial charge in [-0.05, 0) is 7.05 Å². The Morgan fingerprint density at radius 1 is 1.40 bits per heavy atom. The van der Waals surface area contributed by atoms with Crippen molar-refractivity contribution in [3.05, 3.63) is 0 Å². The van der Waals surface area contributed by atoms with Crippen LogP contribution in [0.3, 0.4) is 0 Å². The predicted molar refractivity (Wildman–Crippen MR) is 42.1 cm³/mol. The average Bonchev–Trinajstić information content (AvgIpc) is 1.85. The zero-order chi connectivity index (χ0) is 7.98. The Balaban J connectivity index is 3.22. The fraction of sp³-hybridized carbons (Fsp3) is 0.857. The van der Waals surface area contributed by atoms with Crippen molar-refractivity contribution < 1.29 is 4.79 Å². The fourth-order valence-corrected chi connectivity index (χ4v) is 0.578. The molecule has 10 heavy (non-hydrogen) atoms. The Morgan fingerprint density at radius 3 is 2.40 bits per heavy atom. The molecule has 0 saturated carbocycles. The molecule has 0 aromatic rings. The van der Waals surface area contributed by atoms with Crippen LogP contribution in [0.1, 0.15) is 13.8 Å². The number of likely N-dealkylation sites (N-methyl/N-ethyl adjacent to an activating group) is 1. The minimum atomic E-state index is 0.205. The highest BCUT2D eigenvalue weighted by Crippen LogP contribution is 1.75. The summed E-state index contributed by atoms with van der Waals surface area (Å²) in [6, 6.07) is 0.390. The standard InChI is InChI=1S/C7H16N2O/c1-6(2)9-5-7(10)4-8-3/h6,8-9H,4-5H2,1-3H3. The number of rotatable bonds is 5. The van der Waals surface area contributed by atoms with Crippen LogP contribution in [0.2, 0.25) is 0 Å². The van der Waals surface area contributed by atoms with Crippen molar-refractivity contribution in [1.29, 1.82) is 0 Å². The van der Waals surface area contributed by atoms with Crippen LogP contribution in [-0.2, 0) is 4.79 Å². The summed E-state index contributed by atoms with van der Waals surface area (Å²) in [6.45, 7) is 4.97. The van der Waals surface area contributed by atoms with Gasteiger partial charge in [-0.25, -0.2) is 0 Å². The second kappa shape index (κ2) is 5.38. The SMILES string of the molecule is CNCC(=O)CNC(C)C. The Kier molecular flexibility index (Phi) is 5.16. The van der Waals surface area contributed by atoms with E-state index in [0.29, 0.717) is 19.1 Å². The van der Waals surface area contributed by atoms with Gasteiger partial charge in [-0.2, -0.15) is 0 Å². The van der Waals surface area contributed by atoms with E-state index in [-0.39, 0.29) is 5.78 Å². The van der Waals surface area contributed by atoms with E-state index >= 15 is 0 Å². The molecule has 0 bridgehead atoms. The monoisotopic (exact) mass is 144 g/mol. The Labute approximate surface area is 62.2 Å². The predicted octanol–water partition coefficient (Wildman–Crippen LogP) is -0.227. The number of carbonyl (C=O) groups excluding carboxylic acids is 1. The maximum atomic E-state index is 10.8. The van der Waals surface area contributed by atoms with Gasteiger partial charge in [0, 0.05) is 6.04 Å². The van der Waals surface area contributed by atoms with Crippen molar-refractivity contribution in [1.82, 2.24) is 10.6 Å². The average molecular weight is 144 g/mol. The smallest absolute Gasteiger partial charge is 0.160 e. The second-order valence-corrected chi connectivity index (χ2v) is 2.60. The van der Waals surface area contributed by atoms with Gasteiger partial charge >= 0.3 is 0 Å². The summed E-state index contributed by atoms with van der Waals surface area (Å²) in [7, 11) is 1.77. The van der Waals surface area contributed by atoms with Gasteiger partial charge in [-0.1, -0.05) is 13.8 Å². The lowest BCUT2D eigenvalue weighted by atomic mass is 10.3. The third kappa shape index (κ3) is 5.72. The molecule has 3 nitrogen and oxygen atoms in total. The van der Waals surface area contributed by atoms with Gasteiger partial charge in [0.15, 0.2) is 5.78 Å². The Morgan fingerprint density at radius 2 is 2.00 bits per heavy atom. The zero-order valence-electron chi connectivity index (χ0n) is 6.90. The van der Waals surface area contributed by atoms with E-state index in [9.17, 15) is 4.79 Å². The summed E-state index contributed by atoms with van der Waals surface area (Å²) in [4.78, 5) is 10.8. The molecule has 0 aliphatic heterocycles. The molecule has 2 N–H and O–H groups in total. The van der Waals surface area contributed by atoms with Gasteiger partial charge in [0.1, 0.15) is 0 Å². The number of ketones is 1. The topological polar surface area (TPSA) is 41.1 Å². The van der Waals surface area contributed by atoms with Crippen LogP contribution >= 0.6 is 0 Å². The van der Waals surface area contributed by atoms with Crippen LogP contribution in [-0.4, -0.2) is 32.0 Å². The van der Waals surface area contributed by atoms with Gasteiger partial charge in [0.2, 0.25) is 0 Å². The first-order valence-electron chi connectivity index (χ1n) is 3.56. The van der Waals surface area contributed by atoms with Crippen LogP contribution in [0, 0.1) is 0 Å². The number of Topliss-reactive ketones (excluding diaryl/α,β-unsaturated/α-hetero) is 1. The molecular formula is C7H16N2O. The fourth-order valence-electron chi connectivity index (χ4n) is 0.578. The van der Waals surface area contributed by atoms with E-state index in [2.05, 4.69) is 10.6 Å². The van der Waals surface area contributed by atoms with Crippen molar-refractivity contribution in [2.24, 2.45) is 0 Å². The van der Waals surface area contributed by atoms with E-state index in [1.54, 1.807) is 7.05 Å². The van der Waals surface area contributed by atoms with E-state index < -0.39 is 0 Å². The summed E-state index contributed by atoms with van der Waals surface area (Å²) >= 11 is 0. The summed E-state index contributed by atoms with van der Waals surface area (Å²) in [5.41, 5.74) is 0. The molecule has 0 saturated heterocycles. The van der Waals surface area contributed by atoms with Crippen LogP contribution in [0.5, 0.6) is 0 Å². The molecule has 0 spiro atoms. The summed E-state index contributed by atoms with van der Waals surface area (Å²) < 4.78 is 0. The third-order valence-electron chi connectivity index (χ3n) is 1.08. The second-order valence-electron chi connectivity index (χ2n) is 2.60. The van der Waals surface area contributed by atoms with Crippen molar-refractivity contribution in [2.45, 2.75) is 19.9 Å². The van der Waals surface area contributed by atoms with Crippen LogP contribution in [0.25, 0.3) is 0 Å². The lowest BCUT2D eigenvalue weighted by Crippen LogP contribution is -2.33. The van der Waals surface area contributed by atoms with Crippen molar-refractivity contribution in [3.63, 3.8) is 0 Å². The van der Waals surface area contributed by atoms with Crippen molar-refractivity contribution in [3.8, 4) is 0 Å². The Hall–Kier alpha value is -0.410. The molecule has 0 unspecified atom stereocenters. The number of hydrogen-bond donors (Lipinski definition) is 2. The molecule has 0 fully saturated rings. The number of carbonyl (C=O) groups is 1. The molecule has 0 heterocycles. The lowest BCUT2D eigenvalue weighted by Gasteiger charge is -2.05. The molecular weight excluding hydrogens is 128 g/mol. The molecule has 3 heteroatoms. The van der Waals surface area contributed by atoms with E-state index in [4.69, 9.17) is 0 Å². The summed E-state index contributed by atoms with van der Waals surface area (Å²) in [5, 5.41) is 5.84. The first-order valence-corrected chi connectivity index (χ1v) is 3.56.